The summed E-state index contributed by atoms with van der Waals surface area (Å²) in [5.41, 5.74) is 2.84. The van der Waals surface area contributed by atoms with Gasteiger partial charge < -0.3 is 9.47 Å². The fourth-order valence-electron chi connectivity index (χ4n) is 3.39. The van der Waals surface area contributed by atoms with Crippen LogP contribution in [-0.4, -0.2) is 25.1 Å². The number of methoxy groups -OCH3 is 1. The van der Waals surface area contributed by atoms with Crippen LogP contribution in [0.4, 0.5) is 0 Å². The minimum Gasteiger partial charge on any atom is -0.496 e. The van der Waals surface area contributed by atoms with E-state index in [4.69, 9.17) is 9.47 Å². The number of carbonyl (C=O) groups is 1. The number of fused-ring (bicyclic) bond motifs is 2. The van der Waals surface area contributed by atoms with Gasteiger partial charge in [0, 0.05) is 5.56 Å². The van der Waals surface area contributed by atoms with Gasteiger partial charge in [0.2, 0.25) is 0 Å². The van der Waals surface area contributed by atoms with E-state index in [1.165, 1.54) is 0 Å². The van der Waals surface area contributed by atoms with Crippen LogP contribution in [0.25, 0.3) is 0 Å². The summed E-state index contributed by atoms with van der Waals surface area (Å²) in [4.78, 5) is 12.7. The van der Waals surface area contributed by atoms with Gasteiger partial charge in [0.05, 0.1) is 25.2 Å². The maximum atomic E-state index is 12.7. The molecule has 2 saturated heterocycles. The van der Waals surface area contributed by atoms with Crippen LogP contribution in [0, 0.1) is 19.8 Å². The third-order valence-corrected chi connectivity index (χ3v) is 4.45. The zero-order chi connectivity index (χ0) is 13.6. The van der Waals surface area contributed by atoms with Crippen molar-refractivity contribution in [3.8, 4) is 5.75 Å². The SMILES string of the molecule is COc1cc(C)c(C(=O)C2CC3CCC2O3)cc1C. The topological polar surface area (TPSA) is 35.5 Å². The van der Waals surface area contributed by atoms with Crippen LogP contribution in [0.1, 0.15) is 40.7 Å². The van der Waals surface area contributed by atoms with Crippen LogP contribution < -0.4 is 4.74 Å². The molecule has 0 saturated carbocycles. The van der Waals surface area contributed by atoms with Crippen molar-refractivity contribution in [3.05, 3.63) is 28.8 Å². The summed E-state index contributed by atoms with van der Waals surface area (Å²) < 4.78 is 11.1. The number of benzene rings is 1. The molecule has 2 heterocycles. The fourth-order valence-corrected chi connectivity index (χ4v) is 3.39. The van der Waals surface area contributed by atoms with E-state index in [-0.39, 0.29) is 17.8 Å². The largest absolute Gasteiger partial charge is 0.496 e. The molecule has 3 rings (SSSR count). The van der Waals surface area contributed by atoms with Crippen molar-refractivity contribution in [1.82, 2.24) is 0 Å². The fraction of sp³-hybridized carbons (Fsp3) is 0.562. The second-order valence-corrected chi connectivity index (χ2v) is 5.72. The molecular weight excluding hydrogens is 240 g/mol. The molecule has 0 N–H and O–H groups in total. The second kappa shape index (κ2) is 4.64. The molecule has 0 spiro atoms. The van der Waals surface area contributed by atoms with E-state index in [9.17, 15) is 4.79 Å². The Bertz CT molecular complexity index is 521. The quantitative estimate of drug-likeness (QED) is 0.783. The lowest BCUT2D eigenvalue weighted by molar-refractivity contribution is 0.0743. The summed E-state index contributed by atoms with van der Waals surface area (Å²) in [6.45, 7) is 3.95. The van der Waals surface area contributed by atoms with Crippen LogP contribution in [-0.2, 0) is 4.74 Å². The molecule has 19 heavy (non-hydrogen) atoms. The zero-order valence-corrected chi connectivity index (χ0v) is 11.7. The van der Waals surface area contributed by atoms with E-state index in [0.717, 1.165) is 41.7 Å². The molecule has 3 unspecified atom stereocenters. The first-order valence-corrected chi connectivity index (χ1v) is 6.95. The van der Waals surface area contributed by atoms with Crippen molar-refractivity contribution < 1.29 is 14.3 Å². The van der Waals surface area contributed by atoms with Gasteiger partial charge >= 0.3 is 0 Å². The van der Waals surface area contributed by atoms with Gasteiger partial charge in [-0.15, -0.1) is 0 Å². The second-order valence-electron chi connectivity index (χ2n) is 5.72. The van der Waals surface area contributed by atoms with Gasteiger partial charge in [-0.2, -0.15) is 0 Å². The average Bonchev–Trinajstić information content (AvgIpc) is 3.02. The lowest BCUT2D eigenvalue weighted by Crippen LogP contribution is -2.26. The number of ketones is 1. The Morgan fingerprint density at radius 3 is 2.63 bits per heavy atom. The van der Waals surface area contributed by atoms with E-state index in [1.807, 2.05) is 26.0 Å². The minimum atomic E-state index is 0.0604. The van der Waals surface area contributed by atoms with Gasteiger partial charge in [0.1, 0.15) is 5.75 Å². The molecule has 3 atom stereocenters. The first-order chi connectivity index (χ1) is 9.10. The van der Waals surface area contributed by atoms with Gasteiger partial charge in [-0.25, -0.2) is 0 Å². The smallest absolute Gasteiger partial charge is 0.168 e. The zero-order valence-electron chi connectivity index (χ0n) is 11.7. The lowest BCUT2D eigenvalue weighted by Gasteiger charge is -2.19. The highest BCUT2D eigenvalue weighted by atomic mass is 16.5. The number of carbonyl (C=O) groups excluding carboxylic acids is 1. The van der Waals surface area contributed by atoms with Crippen LogP contribution in [0.3, 0.4) is 0 Å². The Balaban J connectivity index is 1.90. The Kier molecular flexibility index (Phi) is 3.09. The molecule has 2 bridgehead atoms. The molecule has 0 amide bonds. The molecule has 0 aromatic heterocycles. The summed E-state index contributed by atoms with van der Waals surface area (Å²) in [5.74, 6) is 1.15. The van der Waals surface area contributed by atoms with E-state index in [0.29, 0.717) is 6.10 Å². The van der Waals surface area contributed by atoms with E-state index >= 15 is 0 Å². The summed E-state index contributed by atoms with van der Waals surface area (Å²) in [5, 5.41) is 0. The van der Waals surface area contributed by atoms with Gasteiger partial charge in [0.15, 0.2) is 5.78 Å². The highest BCUT2D eigenvalue weighted by molar-refractivity contribution is 6.00. The predicted molar refractivity (Wildman–Crippen MR) is 72.8 cm³/mol. The summed E-state index contributed by atoms with van der Waals surface area (Å²) in [6, 6.07) is 3.92. The third-order valence-electron chi connectivity index (χ3n) is 4.45. The first-order valence-electron chi connectivity index (χ1n) is 6.95. The van der Waals surface area contributed by atoms with Crippen LogP contribution in [0.15, 0.2) is 12.1 Å². The maximum Gasteiger partial charge on any atom is 0.168 e. The molecule has 2 aliphatic rings. The molecular formula is C16H20O3. The van der Waals surface area contributed by atoms with Crippen LogP contribution in [0.2, 0.25) is 0 Å². The summed E-state index contributed by atoms with van der Waals surface area (Å²) >= 11 is 0. The normalized spacial score (nSPS) is 28.7. The molecule has 3 heteroatoms. The Morgan fingerprint density at radius 2 is 2.05 bits per heavy atom. The summed E-state index contributed by atoms with van der Waals surface area (Å²) in [6.07, 6.45) is 3.52. The van der Waals surface area contributed by atoms with E-state index in [1.54, 1.807) is 7.11 Å². The molecule has 1 aromatic rings. The molecule has 2 aliphatic heterocycles. The summed E-state index contributed by atoms with van der Waals surface area (Å²) in [7, 11) is 1.66. The Hall–Kier alpha value is -1.35. The number of aryl methyl sites for hydroxylation is 2. The van der Waals surface area contributed by atoms with Gasteiger partial charge in [-0.1, -0.05) is 0 Å². The van der Waals surface area contributed by atoms with Gasteiger partial charge in [-0.3, -0.25) is 4.79 Å². The number of hydrogen-bond donors (Lipinski definition) is 0. The minimum absolute atomic E-state index is 0.0604. The monoisotopic (exact) mass is 260 g/mol. The van der Waals surface area contributed by atoms with Gasteiger partial charge in [-0.05, 0) is 56.4 Å². The van der Waals surface area contributed by atoms with Crippen molar-refractivity contribution >= 4 is 5.78 Å². The van der Waals surface area contributed by atoms with E-state index < -0.39 is 0 Å². The average molecular weight is 260 g/mol. The molecule has 2 fully saturated rings. The number of hydrogen-bond acceptors (Lipinski definition) is 3. The van der Waals surface area contributed by atoms with Crippen molar-refractivity contribution in [2.75, 3.05) is 7.11 Å². The molecule has 0 aliphatic carbocycles. The third kappa shape index (κ3) is 2.06. The number of Topliss-reactive ketones (excluding diaryl/α,β-unsaturated/α-hetero) is 1. The van der Waals surface area contributed by atoms with Crippen molar-refractivity contribution in [3.63, 3.8) is 0 Å². The van der Waals surface area contributed by atoms with Crippen LogP contribution >= 0.6 is 0 Å². The molecule has 102 valence electrons. The van der Waals surface area contributed by atoms with Gasteiger partial charge in [0.25, 0.3) is 0 Å². The van der Waals surface area contributed by atoms with E-state index in [2.05, 4.69) is 0 Å². The number of rotatable bonds is 3. The maximum absolute atomic E-state index is 12.7. The first kappa shape index (κ1) is 12.7. The molecule has 1 aromatic carbocycles. The Morgan fingerprint density at radius 1 is 1.26 bits per heavy atom. The highest BCUT2D eigenvalue weighted by Gasteiger charge is 2.44. The lowest BCUT2D eigenvalue weighted by atomic mass is 9.82. The molecule has 3 nitrogen and oxygen atoms in total. The van der Waals surface area contributed by atoms with Crippen molar-refractivity contribution in [2.24, 2.45) is 5.92 Å². The molecule has 0 radical (unpaired) electrons. The standard InChI is InChI=1S/C16H20O3/c1-9-7-15(18-3)10(2)6-12(9)16(17)13-8-11-4-5-14(13)19-11/h6-7,11,13-14H,4-5,8H2,1-3H3. The highest BCUT2D eigenvalue weighted by Crippen LogP contribution is 2.41. The van der Waals surface area contributed by atoms with Crippen molar-refractivity contribution in [1.29, 1.82) is 0 Å². The predicted octanol–water partition coefficient (Wildman–Crippen LogP) is 3.06. The Labute approximate surface area is 113 Å². The number of ether oxygens (including phenoxy) is 2. The van der Waals surface area contributed by atoms with Crippen molar-refractivity contribution in [2.45, 2.75) is 45.3 Å². The van der Waals surface area contributed by atoms with Crippen LogP contribution in [0.5, 0.6) is 5.75 Å².